The highest BCUT2D eigenvalue weighted by molar-refractivity contribution is 5.52. The third-order valence-corrected chi connectivity index (χ3v) is 3.03. The molecular formula is C12H16N4. The van der Waals surface area contributed by atoms with E-state index in [0.717, 1.165) is 37.5 Å². The number of anilines is 1. The SMILES string of the molecule is Cc1cn2c(N3CCNCC3)cccc2n1. The molecule has 4 heteroatoms. The van der Waals surface area contributed by atoms with Crippen LogP contribution in [-0.4, -0.2) is 35.6 Å². The van der Waals surface area contributed by atoms with E-state index in [1.807, 2.05) is 6.92 Å². The number of hydrogen-bond acceptors (Lipinski definition) is 3. The highest BCUT2D eigenvalue weighted by Gasteiger charge is 2.13. The van der Waals surface area contributed by atoms with Crippen LogP contribution >= 0.6 is 0 Å². The van der Waals surface area contributed by atoms with Crippen LogP contribution in [0.15, 0.2) is 24.4 Å². The van der Waals surface area contributed by atoms with E-state index in [9.17, 15) is 0 Å². The third kappa shape index (κ3) is 1.55. The van der Waals surface area contributed by atoms with Gasteiger partial charge in [-0.1, -0.05) is 6.07 Å². The Morgan fingerprint density at radius 2 is 2.06 bits per heavy atom. The van der Waals surface area contributed by atoms with E-state index in [1.54, 1.807) is 0 Å². The summed E-state index contributed by atoms with van der Waals surface area (Å²) in [6, 6.07) is 6.30. The molecule has 1 aliphatic rings. The molecule has 1 fully saturated rings. The van der Waals surface area contributed by atoms with Gasteiger partial charge in [0.15, 0.2) is 0 Å². The number of pyridine rings is 1. The lowest BCUT2D eigenvalue weighted by molar-refractivity contribution is 0.583. The quantitative estimate of drug-likeness (QED) is 0.773. The average molecular weight is 216 g/mol. The number of nitrogens with one attached hydrogen (secondary N) is 1. The molecule has 84 valence electrons. The molecule has 1 saturated heterocycles. The van der Waals surface area contributed by atoms with Crippen LogP contribution in [0.25, 0.3) is 5.65 Å². The summed E-state index contributed by atoms with van der Waals surface area (Å²) in [4.78, 5) is 6.90. The molecule has 0 atom stereocenters. The number of hydrogen-bond donors (Lipinski definition) is 1. The molecule has 1 aliphatic heterocycles. The Morgan fingerprint density at radius 1 is 1.25 bits per heavy atom. The molecule has 3 rings (SSSR count). The Balaban J connectivity index is 2.07. The first-order valence-electron chi connectivity index (χ1n) is 5.75. The van der Waals surface area contributed by atoms with E-state index in [-0.39, 0.29) is 0 Å². The van der Waals surface area contributed by atoms with Gasteiger partial charge in [0.05, 0.1) is 5.69 Å². The van der Waals surface area contributed by atoms with Crippen LogP contribution in [-0.2, 0) is 0 Å². The third-order valence-electron chi connectivity index (χ3n) is 3.03. The molecular weight excluding hydrogens is 200 g/mol. The normalized spacial score (nSPS) is 16.9. The average Bonchev–Trinajstić information content (AvgIpc) is 2.70. The number of fused-ring (bicyclic) bond motifs is 1. The van der Waals surface area contributed by atoms with E-state index in [4.69, 9.17) is 0 Å². The summed E-state index contributed by atoms with van der Waals surface area (Å²) in [6.07, 6.45) is 2.10. The van der Waals surface area contributed by atoms with Crippen molar-refractivity contribution >= 4 is 11.5 Å². The van der Waals surface area contributed by atoms with Crippen LogP contribution in [0.5, 0.6) is 0 Å². The zero-order chi connectivity index (χ0) is 11.0. The first-order valence-corrected chi connectivity index (χ1v) is 5.75. The molecule has 0 radical (unpaired) electrons. The minimum absolute atomic E-state index is 1.04. The summed E-state index contributed by atoms with van der Waals surface area (Å²) < 4.78 is 2.18. The molecule has 16 heavy (non-hydrogen) atoms. The van der Waals surface area contributed by atoms with Crippen LogP contribution in [0.2, 0.25) is 0 Å². The molecule has 0 spiro atoms. The molecule has 0 bridgehead atoms. The summed E-state index contributed by atoms with van der Waals surface area (Å²) in [5, 5.41) is 3.37. The standard InChI is InChI=1S/C12H16N4/c1-10-9-16-11(14-10)3-2-4-12(16)15-7-5-13-6-8-15/h2-4,9,13H,5-8H2,1H3. The molecule has 0 aromatic carbocycles. The monoisotopic (exact) mass is 216 g/mol. The van der Waals surface area contributed by atoms with E-state index >= 15 is 0 Å². The predicted molar refractivity (Wildman–Crippen MR) is 65.0 cm³/mol. The summed E-state index contributed by atoms with van der Waals surface area (Å²) in [5.41, 5.74) is 2.11. The fourth-order valence-electron chi connectivity index (χ4n) is 2.27. The lowest BCUT2D eigenvalue weighted by Crippen LogP contribution is -2.44. The van der Waals surface area contributed by atoms with Gasteiger partial charge in [0.25, 0.3) is 0 Å². The van der Waals surface area contributed by atoms with E-state index < -0.39 is 0 Å². The molecule has 0 aliphatic carbocycles. The fraction of sp³-hybridized carbons (Fsp3) is 0.417. The number of nitrogens with zero attached hydrogens (tertiary/aromatic N) is 3. The van der Waals surface area contributed by atoms with E-state index in [1.165, 1.54) is 5.82 Å². The van der Waals surface area contributed by atoms with Gasteiger partial charge in [-0.2, -0.15) is 0 Å². The van der Waals surface area contributed by atoms with Crippen molar-refractivity contribution in [3.8, 4) is 0 Å². The maximum absolute atomic E-state index is 4.49. The minimum Gasteiger partial charge on any atom is -0.355 e. The number of piperazine rings is 1. The topological polar surface area (TPSA) is 32.6 Å². The van der Waals surface area contributed by atoms with Crippen molar-refractivity contribution in [2.75, 3.05) is 31.1 Å². The van der Waals surface area contributed by atoms with E-state index in [2.05, 4.69) is 44.0 Å². The molecule has 0 amide bonds. The minimum atomic E-state index is 1.04. The predicted octanol–water partition coefficient (Wildman–Crippen LogP) is 1.05. The Hall–Kier alpha value is -1.55. The number of rotatable bonds is 1. The van der Waals surface area contributed by atoms with Gasteiger partial charge in [-0.15, -0.1) is 0 Å². The second kappa shape index (κ2) is 3.79. The Bertz CT molecular complexity index is 497. The van der Waals surface area contributed by atoms with Gasteiger partial charge in [-0.25, -0.2) is 4.98 Å². The van der Waals surface area contributed by atoms with Crippen molar-refractivity contribution in [3.63, 3.8) is 0 Å². The Labute approximate surface area is 94.9 Å². The van der Waals surface area contributed by atoms with Crippen molar-refractivity contribution < 1.29 is 0 Å². The van der Waals surface area contributed by atoms with Crippen LogP contribution in [0.1, 0.15) is 5.69 Å². The molecule has 2 aromatic heterocycles. The van der Waals surface area contributed by atoms with E-state index in [0.29, 0.717) is 0 Å². The maximum atomic E-state index is 4.49. The van der Waals surface area contributed by atoms with Crippen LogP contribution in [0.3, 0.4) is 0 Å². The molecule has 2 aromatic rings. The van der Waals surface area contributed by atoms with Gasteiger partial charge in [0.1, 0.15) is 11.5 Å². The van der Waals surface area contributed by atoms with Gasteiger partial charge in [0, 0.05) is 32.4 Å². The summed E-state index contributed by atoms with van der Waals surface area (Å²) in [6.45, 7) is 6.29. The van der Waals surface area contributed by atoms with Crippen molar-refractivity contribution in [1.82, 2.24) is 14.7 Å². The van der Waals surface area contributed by atoms with Crippen molar-refractivity contribution in [1.29, 1.82) is 0 Å². The zero-order valence-electron chi connectivity index (χ0n) is 9.48. The fourth-order valence-corrected chi connectivity index (χ4v) is 2.27. The number of aryl methyl sites for hydroxylation is 1. The number of imidazole rings is 1. The summed E-state index contributed by atoms with van der Waals surface area (Å²) in [5.74, 6) is 1.25. The largest absolute Gasteiger partial charge is 0.355 e. The lowest BCUT2D eigenvalue weighted by atomic mass is 10.3. The lowest BCUT2D eigenvalue weighted by Gasteiger charge is -2.29. The maximum Gasteiger partial charge on any atom is 0.138 e. The van der Waals surface area contributed by atoms with Crippen molar-refractivity contribution in [2.24, 2.45) is 0 Å². The molecule has 0 saturated carbocycles. The Kier molecular flexibility index (Phi) is 2.29. The van der Waals surface area contributed by atoms with Gasteiger partial charge in [0.2, 0.25) is 0 Å². The van der Waals surface area contributed by atoms with Crippen LogP contribution < -0.4 is 10.2 Å². The second-order valence-corrected chi connectivity index (χ2v) is 4.23. The highest BCUT2D eigenvalue weighted by atomic mass is 15.3. The first kappa shape index (κ1) is 9.66. The van der Waals surface area contributed by atoms with Gasteiger partial charge >= 0.3 is 0 Å². The van der Waals surface area contributed by atoms with Crippen molar-refractivity contribution in [3.05, 3.63) is 30.1 Å². The zero-order valence-corrected chi connectivity index (χ0v) is 9.48. The van der Waals surface area contributed by atoms with Crippen molar-refractivity contribution in [2.45, 2.75) is 6.92 Å². The number of aromatic nitrogens is 2. The first-order chi connectivity index (χ1) is 7.84. The van der Waals surface area contributed by atoms with Crippen LogP contribution in [0, 0.1) is 6.92 Å². The van der Waals surface area contributed by atoms with Gasteiger partial charge < -0.3 is 10.2 Å². The second-order valence-electron chi connectivity index (χ2n) is 4.23. The van der Waals surface area contributed by atoms with Gasteiger partial charge in [-0.3, -0.25) is 4.40 Å². The Morgan fingerprint density at radius 3 is 2.88 bits per heavy atom. The molecule has 3 heterocycles. The van der Waals surface area contributed by atoms with Crippen LogP contribution in [0.4, 0.5) is 5.82 Å². The summed E-state index contributed by atoms with van der Waals surface area (Å²) in [7, 11) is 0. The molecule has 0 unspecified atom stereocenters. The summed E-state index contributed by atoms with van der Waals surface area (Å²) >= 11 is 0. The molecule has 1 N–H and O–H groups in total. The highest BCUT2D eigenvalue weighted by Crippen LogP contribution is 2.17. The van der Waals surface area contributed by atoms with Gasteiger partial charge in [-0.05, 0) is 19.1 Å². The smallest absolute Gasteiger partial charge is 0.138 e. The molecule has 4 nitrogen and oxygen atoms in total.